The zero-order chi connectivity index (χ0) is 13.2. The van der Waals surface area contributed by atoms with Crippen LogP contribution in [0.25, 0.3) is 10.1 Å². The molecule has 4 heteroatoms. The second-order valence-corrected chi connectivity index (χ2v) is 5.92. The van der Waals surface area contributed by atoms with Crippen molar-refractivity contribution in [2.45, 2.75) is 26.4 Å². The summed E-state index contributed by atoms with van der Waals surface area (Å²) in [6.07, 6.45) is 1.89. The third-order valence-electron chi connectivity index (χ3n) is 3.40. The van der Waals surface area contributed by atoms with Crippen LogP contribution in [0.4, 0.5) is 0 Å². The Labute approximate surface area is 116 Å². The van der Waals surface area contributed by atoms with Gasteiger partial charge in [0.25, 0.3) is 0 Å². The van der Waals surface area contributed by atoms with Gasteiger partial charge >= 0.3 is 0 Å². The molecule has 2 heterocycles. The van der Waals surface area contributed by atoms with Crippen LogP contribution in [0, 0.1) is 6.92 Å². The molecule has 0 saturated carbocycles. The quantitative estimate of drug-likeness (QED) is 0.758. The summed E-state index contributed by atoms with van der Waals surface area (Å²) >= 11 is 1.86. The summed E-state index contributed by atoms with van der Waals surface area (Å²) in [6, 6.07) is 11.2. The Morgan fingerprint density at radius 3 is 2.95 bits per heavy atom. The van der Waals surface area contributed by atoms with E-state index < -0.39 is 0 Å². The Kier molecular flexibility index (Phi) is 3.36. The van der Waals surface area contributed by atoms with E-state index in [1.54, 1.807) is 0 Å². The number of nitrogens with one attached hydrogen (secondary N) is 2. The average Bonchev–Trinajstić information content (AvgIpc) is 3.01. The number of benzene rings is 1. The molecule has 0 radical (unpaired) electrons. The van der Waals surface area contributed by atoms with Crippen molar-refractivity contribution in [2.75, 3.05) is 0 Å². The second-order valence-electron chi connectivity index (χ2n) is 4.81. The molecule has 3 rings (SSSR count). The number of aromatic amines is 1. The van der Waals surface area contributed by atoms with Crippen LogP contribution in [0.3, 0.4) is 0 Å². The largest absolute Gasteiger partial charge is 0.305 e. The highest BCUT2D eigenvalue weighted by Crippen LogP contribution is 2.29. The maximum atomic E-state index is 4.04. The van der Waals surface area contributed by atoms with Gasteiger partial charge in [0, 0.05) is 33.4 Å². The Bertz CT molecular complexity index is 650. The molecule has 1 aromatic carbocycles. The summed E-state index contributed by atoms with van der Waals surface area (Å²) in [7, 11) is 0. The lowest BCUT2D eigenvalue weighted by atomic mass is 10.2. The van der Waals surface area contributed by atoms with E-state index in [0.29, 0.717) is 6.04 Å². The smallest absolute Gasteiger partial charge is 0.0535 e. The van der Waals surface area contributed by atoms with Crippen molar-refractivity contribution >= 4 is 21.4 Å². The highest BCUT2D eigenvalue weighted by atomic mass is 32.1. The van der Waals surface area contributed by atoms with Crippen LogP contribution in [0.15, 0.2) is 36.5 Å². The number of thiophene rings is 1. The predicted molar refractivity (Wildman–Crippen MR) is 80.4 cm³/mol. The molecule has 19 heavy (non-hydrogen) atoms. The molecule has 0 saturated heterocycles. The first-order valence-corrected chi connectivity index (χ1v) is 7.26. The van der Waals surface area contributed by atoms with Gasteiger partial charge in [-0.3, -0.25) is 5.10 Å². The lowest BCUT2D eigenvalue weighted by Gasteiger charge is -2.11. The van der Waals surface area contributed by atoms with E-state index in [-0.39, 0.29) is 0 Å². The van der Waals surface area contributed by atoms with Crippen molar-refractivity contribution in [3.05, 3.63) is 52.7 Å². The maximum absolute atomic E-state index is 4.04. The van der Waals surface area contributed by atoms with E-state index in [1.165, 1.54) is 20.5 Å². The fraction of sp³-hybridized carbons (Fsp3) is 0.267. The minimum Gasteiger partial charge on any atom is -0.305 e. The third kappa shape index (κ3) is 2.55. The number of fused-ring (bicyclic) bond motifs is 1. The molecule has 2 aromatic heterocycles. The zero-order valence-corrected chi connectivity index (χ0v) is 11.9. The summed E-state index contributed by atoms with van der Waals surface area (Å²) in [4.78, 5) is 1.38. The molecule has 98 valence electrons. The van der Waals surface area contributed by atoms with Crippen LogP contribution >= 0.6 is 11.3 Å². The van der Waals surface area contributed by atoms with Crippen LogP contribution in [0.5, 0.6) is 0 Å². The van der Waals surface area contributed by atoms with Crippen molar-refractivity contribution < 1.29 is 0 Å². The van der Waals surface area contributed by atoms with E-state index in [0.717, 1.165) is 12.2 Å². The highest BCUT2D eigenvalue weighted by Gasteiger charge is 2.10. The molecule has 3 nitrogen and oxygen atoms in total. The van der Waals surface area contributed by atoms with Crippen LogP contribution in [0.1, 0.15) is 29.1 Å². The highest BCUT2D eigenvalue weighted by molar-refractivity contribution is 7.19. The molecule has 1 unspecified atom stereocenters. The van der Waals surface area contributed by atoms with Crippen molar-refractivity contribution in [1.82, 2.24) is 15.5 Å². The zero-order valence-electron chi connectivity index (χ0n) is 11.1. The molecular weight excluding hydrogens is 254 g/mol. The van der Waals surface area contributed by atoms with E-state index in [1.807, 2.05) is 24.5 Å². The van der Waals surface area contributed by atoms with Gasteiger partial charge in [0.2, 0.25) is 0 Å². The molecular formula is C15H17N3S. The van der Waals surface area contributed by atoms with Crippen LogP contribution in [-0.4, -0.2) is 10.2 Å². The van der Waals surface area contributed by atoms with Crippen molar-refractivity contribution in [2.24, 2.45) is 0 Å². The van der Waals surface area contributed by atoms with E-state index in [4.69, 9.17) is 0 Å². The molecule has 0 bridgehead atoms. The van der Waals surface area contributed by atoms with Gasteiger partial charge in [-0.05, 0) is 31.4 Å². The lowest BCUT2D eigenvalue weighted by Crippen LogP contribution is -2.17. The monoisotopic (exact) mass is 271 g/mol. The second kappa shape index (κ2) is 5.15. The van der Waals surface area contributed by atoms with E-state index in [9.17, 15) is 0 Å². The number of H-pyrrole nitrogens is 1. The van der Waals surface area contributed by atoms with Crippen molar-refractivity contribution in [3.63, 3.8) is 0 Å². The van der Waals surface area contributed by atoms with Crippen molar-refractivity contribution in [3.8, 4) is 0 Å². The molecule has 0 spiro atoms. The normalized spacial score (nSPS) is 12.9. The topological polar surface area (TPSA) is 40.7 Å². The van der Waals surface area contributed by atoms with Gasteiger partial charge in [-0.25, -0.2) is 0 Å². The van der Waals surface area contributed by atoms with Crippen molar-refractivity contribution in [1.29, 1.82) is 0 Å². The Balaban J connectivity index is 1.73. The van der Waals surface area contributed by atoms with Gasteiger partial charge < -0.3 is 5.32 Å². The fourth-order valence-electron chi connectivity index (χ4n) is 2.13. The first kappa shape index (κ1) is 12.4. The van der Waals surface area contributed by atoms with Gasteiger partial charge in [-0.1, -0.05) is 18.2 Å². The minimum atomic E-state index is 0.353. The average molecular weight is 271 g/mol. The SMILES string of the molecule is Cc1[nH]ncc1CNC(C)c1cc2ccccc2s1. The predicted octanol–water partition coefficient (Wildman–Crippen LogP) is 3.78. The van der Waals surface area contributed by atoms with Gasteiger partial charge in [0.1, 0.15) is 0 Å². The third-order valence-corrected chi connectivity index (χ3v) is 4.70. The maximum Gasteiger partial charge on any atom is 0.0535 e. The van der Waals surface area contributed by atoms with Crippen LogP contribution in [-0.2, 0) is 6.54 Å². The fourth-order valence-corrected chi connectivity index (χ4v) is 3.22. The van der Waals surface area contributed by atoms with E-state index in [2.05, 4.69) is 52.8 Å². The van der Waals surface area contributed by atoms with Gasteiger partial charge in [0.15, 0.2) is 0 Å². The van der Waals surface area contributed by atoms with Crippen LogP contribution < -0.4 is 5.32 Å². The molecule has 0 aliphatic heterocycles. The summed E-state index contributed by atoms with van der Waals surface area (Å²) < 4.78 is 1.35. The molecule has 0 amide bonds. The lowest BCUT2D eigenvalue weighted by molar-refractivity contribution is 0.582. The molecule has 3 aromatic rings. The Morgan fingerprint density at radius 1 is 1.37 bits per heavy atom. The number of nitrogens with zero attached hydrogens (tertiary/aromatic N) is 1. The first-order valence-electron chi connectivity index (χ1n) is 6.45. The van der Waals surface area contributed by atoms with E-state index >= 15 is 0 Å². The molecule has 2 N–H and O–H groups in total. The van der Waals surface area contributed by atoms with Gasteiger partial charge in [-0.2, -0.15) is 5.10 Å². The standard InChI is InChI=1S/C15H17N3S/c1-10-13(9-17-18-10)8-16-11(2)15-7-12-5-3-4-6-14(12)19-15/h3-7,9,11,16H,8H2,1-2H3,(H,17,18). The Hall–Kier alpha value is -1.65. The first-order chi connectivity index (χ1) is 9.24. The number of aryl methyl sites for hydroxylation is 1. The Morgan fingerprint density at radius 2 is 2.21 bits per heavy atom. The number of rotatable bonds is 4. The number of aromatic nitrogens is 2. The van der Waals surface area contributed by atoms with Crippen LogP contribution in [0.2, 0.25) is 0 Å². The summed E-state index contributed by atoms with van der Waals surface area (Å²) in [5, 5.41) is 11.9. The molecule has 1 atom stereocenters. The van der Waals surface area contributed by atoms with Gasteiger partial charge in [0.05, 0.1) is 6.20 Å². The molecule has 0 fully saturated rings. The molecule has 0 aliphatic rings. The number of hydrogen-bond acceptors (Lipinski definition) is 3. The minimum absolute atomic E-state index is 0.353. The number of hydrogen-bond donors (Lipinski definition) is 2. The summed E-state index contributed by atoms with van der Waals surface area (Å²) in [5.41, 5.74) is 2.36. The summed E-state index contributed by atoms with van der Waals surface area (Å²) in [5.74, 6) is 0. The van der Waals surface area contributed by atoms with Gasteiger partial charge in [-0.15, -0.1) is 11.3 Å². The summed E-state index contributed by atoms with van der Waals surface area (Å²) in [6.45, 7) is 5.10. The molecule has 0 aliphatic carbocycles.